The number of nitrogens with two attached hydrogens (primary N) is 1. The molecule has 0 bridgehead atoms. The molecule has 0 aliphatic carbocycles. The van der Waals surface area contributed by atoms with Crippen LogP contribution in [0.5, 0.6) is 11.5 Å². The lowest BCUT2D eigenvalue weighted by Gasteiger charge is -2.16. The third-order valence-electron chi connectivity index (χ3n) is 3.12. The minimum absolute atomic E-state index is 0.0584. The second-order valence-corrected chi connectivity index (χ2v) is 4.56. The molecule has 0 saturated heterocycles. The summed E-state index contributed by atoms with van der Waals surface area (Å²) in [5.41, 5.74) is 7.80. The lowest BCUT2D eigenvalue weighted by molar-refractivity contribution is 0.463. The molecule has 0 aliphatic rings. The summed E-state index contributed by atoms with van der Waals surface area (Å²) in [6.07, 6.45) is 0.836. The van der Waals surface area contributed by atoms with Crippen molar-refractivity contribution in [2.45, 2.75) is 26.3 Å². The molecule has 3 heteroatoms. The van der Waals surface area contributed by atoms with Crippen molar-refractivity contribution in [3.05, 3.63) is 59.4 Å². The Morgan fingerprint density at radius 1 is 1.16 bits per heavy atom. The predicted octanol–water partition coefficient (Wildman–Crippen LogP) is 4.34. The van der Waals surface area contributed by atoms with E-state index in [0.29, 0.717) is 5.75 Å². The Labute approximate surface area is 113 Å². The van der Waals surface area contributed by atoms with Crippen molar-refractivity contribution in [1.82, 2.24) is 0 Å². The van der Waals surface area contributed by atoms with E-state index in [9.17, 15) is 4.39 Å². The third kappa shape index (κ3) is 3.12. The summed E-state index contributed by atoms with van der Waals surface area (Å²) in [7, 11) is 0. The van der Waals surface area contributed by atoms with Crippen LogP contribution in [-0.4, -0.2) is 0 Å². The van der Waals surface area contributed by atoms with Crippen LogP contribution in [0.15, 0.2) is 42.5 Å². The first-order chi connectivity index (χ1) is 9.11. The topological polar surface area (TPSA) is 35.2 Å². The van der Waals surface area contributed by atoms with E-state index in [1.165, 1.54) is 12.1 Å². The van der Waals surface area contributed by atoms with Crippen LogP contribution in [0.3, 0.4) is 0 Å². The summed E-state index contributed by atoms with van der Waals surface area (Å²) in [5, 5.41) is 0. The molecule has 0 radical (unpaired) electrons. The molecule has 0 spiro atoms. The van der Waals surface area contributed by atoms with Gasteiger partial charge in [-0.05, 0) is 43.2 Å². The van der Waals surface area contributed by atoms with Gasteiger partial charge in [-0.2, -0.15) is 0 Å². The van der Waals surface area contributed by atoms with Crippen molar-refractivity contribution < 1.29 is 9.13 Å². The predicted molar refractivity (Wildman–Crippen MR) is 74.9 cm³/mol. The second-order valence-electron chi connectivity index (χ2n) is 4.56. The Kier molecular flexibility index (Phi) is 4.17. The minimum atomic E-state index is -0.261. The molecular weight excluding hydrogens is 241 g/mol. The molecule has 2 rings (SSSR count). The van der Waals surface area contributed by atoms with Gasteiger partial charge in [0.2, 0.25) is 0 Å². The van der Waals surface area contributed by atoms with E-state index in [0.717, 1.165) is 23.3 Å². The molecule has 1 unspecified atom stereocenters. The standard InChI is InChI=1S/C16H18FNO/c1-3-14(18)13-6-4-5-7-16(13)19-15-9-8-12(17)10-11(15)2/h4-10,14H,3,18H2,1-2H3. The van der Waals surface area contributed by atoms with Crippen LogP contribution < -0.4 is 10.5 Å². The summed E-state index contributed by atoms with van der Waals surface area (Å²) in [4.78, 5) is 0. The molecule has 0 fully saturated rings. The van der Waals surface area contributed by atoms with Gasteiger partial charge in [-0.25, -0.2) is 4.39 Å². The van der Waals surface area contributed by atoms with Crippen LogP contribution >= 0.6 is 0 Å². The molecule has 2 aromatic carbocycles. The molecule has 0 heterocycles. The normalized spacial score (nSPS) is 12.2. The second kappa shape index (κ2) is 5.85. The summed E-state index contributed by atoms with van der Waals surface area (Å²) in [5.74, 6) is 1.12. The fraction of sp³-hybridized carbons (Fsp3) is 0.250. The maximum absolute atomic E-state index is 13.1. The number of hydrogen-bond donors (Lipinski definition) is 1. The van der Waals surface area contributed by atoms with Gasteiger partial charge in [0.15, 0.2) is 0 Å². The van der Waals surface area contributed by atoms with Gasteiger partial charge in [0, 0.05) is 11.6 Å². The van der Waals surface area contributed by atoms with Crippen LogP contribution in [0.1, 0.15) is 30.5 Å². The van der Waals surface area contributed by atoms with Crippen molar-refractivity contribution in [2.24, 2.45) is 5.73 Å². The Morgan fingerprint density at radius 2 is 1.89 bits per heavy atom. The number of benzene rings is 2. The Balaban J connectivity index is 2.33. The minimum Gasteiger partial charge on any atom is -0.457 e. The number of aryl methyl sites for hydroxylation is 1. The maximum atomic E-state index is 13.1. The molecule has 0 saturated carbocycles. The van der Waals surface area contributed by atoms with Gasteiger partial charge in [0.05, 0.1) is 0 Å². The molecule has 2 aromatic rings. The summed E-state index contributed by atoms with van der Waals surface area (Å²) < 4.78 is 18.9. The zero-order valence-corrected chi connectivity index (χ0v) is 11.2. The van der Waals surface area contributed by atoms with E-state index in [2.05, 4.69) is 0 Å². The SMILES string of the molecule is CCC(N)c1ccccc1Oc1ccc(F)cc1C. The fourth-order valence-corrected chi connectivity index (χ4v) is 1.95. The van der Waals surface area contributed by atoms with Crippen LogP contribution in [0, 0.1) is 12.7 Å². The van der Waals surface area contributed by atoms with E-state index < -0.39 is 0 Å². The summed E-state index contributed by atoms with van der Waals surface area (Å²) in [6, 6.07) is 12.1. The highest BCUT2D eigenvalue weighted by Crippen LogP contribution is 2.31. The number of ether oxygens (including phenoxy) is 1. The number of hydrogen-bond acceptors (Lipinski definition) is 2. The summed E-state index contributed by atoms with van der Waals surface area (Å²) >= 11 is 0. The molecule has 0 aliphatic heterocycles. The van der Waals surface area contributed by atoms with E-state index >= 15 is 0 Å². The number of rotatable bonds is 4. The van der Waals surface area contributed by atoms with Crippen LogP contribution in [0.25, 0.3) is 0 Å². The average Bonchev–Trinajstić information content (AvgIpc) is 2.41. The van der Waals surface area contributed by atoms with Gasteiger partial charge in [0.25, 0.3) is 0 Å². The van der Waals surface area contributed by atoms with Crippen molar-refractivity contribution in [3.63, 3.8) is 0 Å². The smallest absolute Gasteiger partial charge is 0.132 e. The molecule has 1 atom stereocenters. The lowest BCUT2D eigenvalue weighted by Crippen LogP contribution is -2.09. The van der Waals surface area contributed by atoms with Gasteiger partial charge in [-0.3, -0.25) is 0 Å². The molecule has 0 aromatic heterocycles. The first-order valence-corrected chi connectivity index (χ1v) is 6.40. The molecule has 2 N–H and O–H groups in total. The maximum Gasteiger partial charge on any atom is 0.132 e. The van der Waals surface area contributed by atoms with Crippen LogP contribution in [0.4, 0.5) is 4.39 Å². The van der Waals surface area contributed by atoms with E-state index in [4.69, 9.17) is 10.5 Å². The van der Waals surface area contributed by atoms with Crippen molar-refractivity contribution in [2.75, 3.05) is 0 Å². The molecule has 19 heavy (non-hydrogen) atoms. The Hall–Kier alpha value is -1.87. The van der Waals surface area contributed by atoms with Crippen molar-refractivity contribution in [1.29, 1.82) is 0 Å². The van der Waals surface area contributed by atoms with Crippen molar-refractivity contribution >= 4 is 0 Å². The first-order valence-electron chi connectivity index (χ1n) is 6.40. The van der Waals surface area contributed by atoms with Crippen molar-refractivity contribution in [3.8, 4) is 11.5 Å². The highest BCUT2D eigenvalue weighted by molar-refractivity contribution is 5.42. The fourth-order valence-electron chi connectivity index (χ4n) is 1.95. The molecule has 100 valence electrons. The monoisotopic (exact) mass is 259 g/mol. The zero-order valence-electron chi connectivity index (χ0n) is 11.2. The zero-order chi connectivity index (χ0) is 13.8. The first kappa shape index (κ1) is 13.6. The largest absolute Gasteiger partial charge is 0.457 e. The number of para-hydroxylation sites is 1. The highest BCUT2D eigenvalue weighted by Gasteiger charge is 2.11. The van der Waals surface area contributed by atoms with Gasteiger partial charge >= 0.3 is 0 Å². The van der Waals surface area contributed by atoms with Gasteiger partial charge in [-0.15, -0.1) is 0 Å². The highest BCUT2D eigenvalue weighted by atomic mass is 19.1. The van der Waals surface area contributed by atoms with Gasteiger partial charge in [-0.1, -0.05) is 25.1 Å². The third-order valence-corrected chi connectivity index (χ3v) is 3.12. The Bertz CT molecular complexity index is 568. The quantitative estimate of drug-likeness (QED) is 0.886. The average molecular weight is 259 g/mol. The van der Waals surface area contributed by atoms with E-state index in [1.807, 2.05) is 38.1 Å². The molecular formula is C16H18FNO. The lowest BCUT2D eigenvalue weighted by atomic mass is 10.0. The van der Waals surface area contributed by atoms with E-state index in [-0.39, 0.29) is 11.9 Å². The number of halogens is 1. The van der Waals surface area contributed by atoms with E-state index in [1.54, 1.807) is 6.07 Å². The molecule has 2 nitrogen and oxygen atoms in total. The van der Waals surface area contributed by atoms with Crippen LogP contribution in [0.2, 0.25) is 0 Å². The Morgan fingerprint density at radius 3 is 2.58 bits per heavy atom. The van der Waals surface area contributed by atoms with Gasteiger partial charge in [0.1, 0.15) is 17.3 Å². The van der Waals surface area contributed by atoms with Crippen LogP contribution in [-0.2, 0) is 0 Å². The van der Waals surface area contributed by atoms with Gasteiger partial charge < -0.3 is 10.5 Å². The molecule has 0 amide bonds. The summed E-state index contributed by atoms with van der Waals surface area (Å²) in [6.45, 7) is 3.85.